The monoisotopic (exact) mass is 552 g/mol. The lowest BCUT2D eigenvalue weighted by Crippen LogP contribution is -2.37. The van der Waals surface area contributed by atoms with Gasteiger partial charge in [0.25, 0.3) is 0 Å². The predicted octanol–water partition coefficient (Wildman–Crippen LogP) is 11.2. The number of hydrogen-bond donors (Lipinski definition) is 0. The summed E-state index contributed by atoms with van der Waals surface area (Å²) in [4.78, 5) is 0. The molecule has 0 nitrogen and oxygen atoms in total. The molecule has 0 amide bonds. The quantitative estimate of drug-likeness (QED) is 0.190. The summed E-state index contributed by atoms with van der Waals surface area (Å²) in [5.41, 5.74) is 13.1. The standard InChI is InChI=1S/C41H32Si/c1-42(2,3)30-23-21-27(22-24-30)31-25-26-36-39-32(31)19-12-20-35(39)40-37(28-13-6-4-7-14-28)33-17-10-11-18-34(33)38(41(36)40)29-15-8-5-9-16-29/h4-26H,1-3H3. The van der Waals surface area contributed by atoms with Gasteiger partial charge in [-0.15, -0.1) is 0 Å². The average molecular weight is 553 g/mol. The van der Waals surface area contributed by atoms with Crippen LogP contribution in [0.25, 0.3) is 77.2 Å². The fraction of sp³-hybridized carbons (Fsp3) is 0.0732. The van der Waals surface area contributed by atoms with E-state index in [0.717, 1.165) is 0 Å². The Kier molecular flexibility index (Phi) is 5.60. The van der Waals surface area contributed by atoms with E-state index in [1.54, 1.807) is 0 Å². The maximum atomic E-state index is 2.41. The molecular formula is C41H32Si. The SMILES string of the molecule is C[Si](C)(C)c1ccc(-c2ccc3c4c(cccc24)-c2c-3c(-c3ccccc3)c3ccccc3c2-c2ccccc2)cc1. The van der Waals surface area contributed by atoms with Crippen molar-refractivity contribution in [2.45, 2.75) is 19.6 Å². The van der Waals surface area contributed by atoms with Gasteiger partial charge < -0.3 is 0 Å². The third kappa shape index (κ3) is 3.74. The van der Waals surface area contributed by atoms with Crippen LogP contribution < -0.4 is 5.19 Å². The summed E-state index contributed by atoms with van der Waals surface area (Å²) in [5, 5.41) is 6.78. The van der Waals surface area contributed by atoms with Crippen molar-refractivity contribution in [3.63, 3.8) is 0 Å². The van der Waals surface area contributed by atoms with Crippen LogP contribution in [0, 0.1) is 0 Å². The van der Waals surface area contributed by atoms with Crippen molar-refractivity contribution < 1.29 is 0 Å². The van der Waals surface area contributed by atoms with Crippen LogP contribution in [0.1, 0.15) is 0 Å². The minimum Gasteiger partial charge on any atom is -0.0656 e. The molecule has 42 heavy (non-hydrogen) atoms. The largest absolute Gasteiger partial charge is 0.0775 e. The van der Waals surface area contributed by atoms with E-state index in [2.05, 4.69) is 159 Å². The van der Waals surface area contributed by atoms with E-state index in [-0.39, 0.29) is 0 Å². The second kappa shape index (κ2) is 9.41. The highest BCUT2D eigenvalue weighted by Crippen LogP contribution is 2.58. The van der Waals surface area contributed by atoms with Crippen molar-refractivity contribution in [1.29, 1.82) is 0 Å². The topological polar surface area (TPSA) is 0 Å². The Balaban J connectivity index is 1.50. The first-order chi connectivity index (χ1) is 20.5. The second-order valence-corrected chi connectivity index (χ2v) is 17.6. The molecule has 0 atom stereocenters. The van der Waals surface area contributed by atoms with Gasteiger partial charge in [0.1, 0.15) is 0 Å². The lowest BCUT2D eigenvalue weighted by atomic mass is 9.82. The van der Waals surface area contributed by atoms with Crippen molar-refractivity contribution in [2.24, 2.45) is 0 Å². The van der Waals surface area contributed by atoms with E-state index in [9.17, 15) is 0 Å². The number of rotatable bonds is 4. The number of hydrogen-bond acceptors (Lipinski definition) is 0. The van der Waals surface area contributed by atoms with Gasteiger partial charge in [-0.05, 0) is 77.2 Å². The molecule has 0 radical (unpaired) electrons. The highest BCUT2D eigenvalue weighted by Gasteiger charge is 2.31. The Morgan fingerprint density at radius 2 is 0.810 bits per heavy atom. The predicted molar refractivity (Wildman–Crippen MR) is 185 cm³/mol. The van der Waals surface area contributed by atoms with Crippen molar-refractivity contribution >= 4 is 34.8 Å². The Labute approximate surface area is 248 Å². The molecular weight excluding hydrogens is 521 g/mol. The Morgan fingerprint density at radius 3 is 1.36 bits per heavy atom. The van der Waals surface area contributed by atoms with Gasteiger partial charge in [-0.3, -0.25) is 0 Å². The minimum atomic E-state index is -1.36. The Hall–Kier alpha value is -4.72. The van der Waals surface area contributed by atoms with Gasteiger partial charge in [0.05, 0.1) is 8.07 Å². The van der Waals surface area contributed by atoms with E-state index in [4.69, 9.17) is 0 Å². The van der Waals surface area contributed by atoms with E-state index in [1.807, 2.05) is 0 Å². The summed E-state index contributed by atoms with van der Waals surface area (Å²) in [7, 11) is -1.36. The first kappa shape index (κ1) is 25.0. The van der Waals surface area contributed by atoms with Gasteiger partial charge in [0.2, 0.25) is 0 Å². The van der Waals surface area contributed by atoms with Crippen LogP contribution in [0.3, 0.4) is 0 Å². The van der Waals surface area contributed by atoms with Crippen LogP contribution in [-0.4, -0.2) is 8.07 Å². The van der Waals surface area contributed by atoms with Gasteiger partial charge in [0.15, 0.2) is 0 Å². The summed E-state index contributed by atoms with van der Waals surface area (Å²) in [6, 6.07) is 51.9. The molecule has 7 aromatic carbocycles. The summed E-state index contributed by atoms with van der Waals surface area (Å²) >= 11 is 0. The van der Waals surface area contributed by atoms with Crippen LogP contribution in [0.5, 0.6) is 0 Å². The van der Waals surface area contributed by atoms with Crippen molar-refractivity contribution in [3.05, 3.63) is 140 Å². The molecule has 1 heteroatoms. The van der Waals surface area contributed by atoms with Crippen LogP contribution in [-0.2, 0) is 0 Å². The van der Waals surface area contributed by atoms with Gasteiger partial charge in [-0.2, -0.15) is 0 Å². The molecule has 0 N–H and O–H groups in total. The fourth-order valence-electron chi connectivity index (χ4n) is 7.01. The van der Waals surface area contributed by atoms with Crippen molar-refractivity contribution in [1.82, 2.24) is 0 Å². The summed E-state index contributed by atoms with van der Waals surface area (Å²) in [5.74, 6) is 0. The van der Waals surface area contributed by atoms with Crippen LogP contribution in [0.4, 0.5) is 0 Å². The van der Waals surface area contributed by atoms with E-state index in [1.165, 1.54) is 82.4 Å². The zero-order valence-electron chi connectivity index (χ0n) is 24.3. The second-order valence-electron chi connectivity index (χ2n) is 12.5. The highest BCUT2D eigenvalue weighted by molar-refractivity contribution is 6.88. The van der Waals surface area contributed by atoms with Crippen molar-refractivity contribution in [2.75, 3.05) is 0 Å². The normalized spacial score (nSPS) is 12.2. The highest BCUT2D eigenvalue weighted by atomic mass is 28.3. The maximum absolute atomic E-state index is 2.41. The molecule has 200 valence electrons. The lowest BCUT2D eigenvalue weighted by Gasteiger charge is -2.20. The summed E-state index contributed by atoms with van der Waals surface area (Å²) in [6.45, 7) is 7.24. The van der Waals surface area contributed by atoms with E-state index >= 15 is 0 Å². The molecule has 0 aliphatic heterocycles. The maximum Gasteiger partial charge on any atom is 0.0775 e. The van der Waals surface area contributed by atoms with Crippen molar-refractivity contribution in [3.8, 4) is 55.6 Å². The molecule has 0 heterocycles. The van der Waals surface area contributed by atoms with Crippen LogP contribution >= 0.6 is 0 Å². The minimum absolute atomic E-state index is 1.26. The number of benzene rings is 7. The summed E-state index contributed by atoms with van der Waals surface area (Å²) < 4.78 is 0. The van der Waals surface area contributed by atoms with Crippen LogP contribution in [0.15, 0.2) is 140 Å². The van der Waals surface area contributed by atoms with Gasteiger partial charge >= 0.3 is 0 Å². The molecule has 0 aromatic heterocycles. The smallest absolute Gasteiger partial charge is 0.0656 e. The Morgan fingerprint density at radius 1 is 0.333 bits per heavy atom. The Bertz CT molecular complexity index is 2040. The molecule has 7 aromatic rings. The molecule has 8 rings (SSSR count). The fourth-order valence-corrected chi connectivity index (χ4v) is 8.18. The van der Waals surface area contributed by atoms with E-state index < -0.39 is 8.07 Å². The molecule has 0 bridgehead atoms. The zero-order valence-corrected chi connectivity index (χ0v) is 25.3. The van der Waals surface area contributed by atoms with Gasteiger partial charge in [0, 0.05) is 0 Å². The summed E-state index contributed by atoms with van der Waals surface area (Å²) in [6.07, 6.45) is 0. The molecule has 0 fully saturated rings. The lowest BCUT2D eigenvalue weighted by molar-refractivity contribution is 1.62. The molecule has 1 aliphatic rings. The first-order valence-electron chi connectivity index (χ1n) is 14.9. The first-order valence-corrected chi connectivity index (χ1v) is 18.4. The zero-order chi connectivity index (χ0) is 28.4. The molecule has 0 spiro atoms. The molecule has 0 saturated carbocycles. The average Bonchev–Trinajstić information content (AvgIpc) is 3.35. The van der Waals surface area contributed by atoms with Crippen LogP contribution in [0.2, 0.25) is 19.6 Å². The third-order valence-electron chi connectivity index (χ3n) is 8.98. The van der Waals surface area contributed by atoms with Gasteiger partial charge in [-0.25, -0.2) is 0 Å². The van der Waals surface area contributed by atoms with E-state index in [0.29, 0.717) is 0 Å². The molecule has 0 saturated heterocycles. The molecule has 1 aliphatic carbocycles. The number of fused-ring (bicyclic) bond motifs is 4. The third-order valence-corrected chi connectivity index (χ3v) is 11.0. The van der Waals surface area contributed by atoms with Gasteiger partial charge in [-0.1, -0.05) is 164 Å². The molecule has 0 unspecified atom stereocenters.